The maximum atomic E-state index is 10.5. The first-order valence-electron chi connectivity index (χ1n) is 7.12. The molecular formula is C14H26N4O. The van der Waals surface area contributed by atoms with Crippen molar-refractivity contribution < 1.29 is 5.11 Å². The summed E-state index contributed by atoms with van der Waals surface area (Å²) in [6.07, 6.45) is 4.80. The van der Waals surface area contributed by atoms with Crippen molar-refractivity contribution in [2.75, 3.05) is 45.8 Å². The molecule has 1 atom stereocenters. The van der Waals surface area contributed by atoms with Gasteiger partial charge in [-0.05, 0) is 32.5 Å². The number of H-pyrrole nitrogens is 1. The van der Waals surface area contributed by atoms with Gasteiger partial charge in [-0.25, -0.2) is 0 Å². The molecule has 1 aromatic rings. The molecule has 0 spiro atoms. The van der Waals surface area contributed by atoms with E-state index in [2.05, 4.69) is 14.8 Å². The first-order chi connectivity index (χ1) is 9.12. The van der Waals surface area contributed by atoms with Gasteiger partial charge in [0.1, 0.15) is 5.60 Å². The number of nitrogens with two attached hydrogens (primary N) is 1. The van der Waals surface area contributed by atoms with Crippen LogP contribution in [0.25, 0.3) is 0 Å². The van der Waals surface area contributed by atoms with Crippen molar-refractivity contribution in [1.82, 2.24) is 14.8 Å². The zero-order valence-electron chi connectivity index (χ0n) is 11.8. The molecule has 0 amide bonds. The standard InChI is InChI=1S/C14H26N4O/c1-14(19,13-3-5-16-11-13)12-18-9-7-17(8-10-18)6-2-4-15/h3,5,11,16,19H,2,4,6-10,12,15H2,1H3. The first kappa shape index (κ1) is 14.5. The van der Waals surface area contributed by atoms with Crippen molar-refractivity contribution in [2.45, 2.75) is 18.9 Å². The van der Waals surface area contributed by atoms with Crippen LogP contribution in [0.1, 0.15) is 18.9 Å². The van der Waals surface area contributed by atoms with E-state index in [-0.39, 0.29) is 0 Å². The molecule has 1 unspecified atom stereocenters. The second-order valence-corrected chi connectivity index (χ2v) is 5.63. The normalized spacial score (nSPS) is 21.4. The van der Waals surface area contributed by atoms with Gasteiger partial charge in [-0.3, -0.25) is 4.90 Å². The van der Waals surface area contributed by atoms with Gasteiger partial charge in [0.05, 0.1) is 0 Å². The Morgan fingerprint density at radius 1 is 1.32 bits per heavy atom. The number of aliphatic hydroxyl groups is 1. The third kappa shape index (κ3) is 4.04. The van der Waals surface area contributed by atoms with E-state index in [0.717, 1.165) is 51.3 Å². The summed E-state index contributed by atoms with van der Waals surface area (Å²) >= 11 is 0. The van der Waals surface area contributed by atoms with E-state index in [9.17, 15) is 5.11 Å². The summed E-state index contributed by atoms with van der Waals surface area (Å²) in [4.78, 5) is 7.80. The third-order valence-electron chi connectivity index (χ3n) is 3.89. The summed E-state index contributed by atoms with van der Waals surface area (Å²) in [5, 5.41) is 10.5. The number of aromatic amines is 1. The second kappa shape index (κ2) is 6.52. The van der Waals surface area contributed by atoms with Crippen LogP contribution >= 0.6 is 0 Å². The van der Waals surface area contributed by atoms with Crippen LogP contribution in [0.4, 0.5) is 0 Å². The molecule has 5 heteroatoms. The summed E-state index contributed by atoms with van der Waals surface area (Å²) in [6, 6.07) is 1.94. The fraction of sp³-hybridized carbons (Fsp3) is 0.714. The molecule has 2 heterocycles. The molecule has 1 aromatic heterocycles. The van der Waals surface area contributed by atoms with Gasteiger partial charge >= 0.3 is 0 Å². The molecule has 1 aliphatic rings. The van der Waals surface area contributed by atoms with E-state index < -0.39 is 5.60 Å². The molecule has 1 saturated heterocycles. The zero-order valence-corrected chi connectivity index (χ0v) is 11.8. The van der Waals surface area contributed by atoms with E-state index in [1.807, 2.05) is 25.4 Å². The van der Waals surface area contributed by atoms with Gasteiger partial charge in [-0.2, -0.15) is 0 Å². The molecule has 4 N–H and O–H groups in total. The molecule has 1 fully saturated rings. The Labute approximate surface area is 115 Å². The van der Waals surface area contributed by atoms with Crippen molar-refractivity contribution in [3.63, 3.8) is 0 Å². The number of aromatic nitrogens is 1. The fourth-order valence-electron chi connectivity index (χ4n) is 2.67. The lowest BCUT2D eigenvalue weighted by atomic mass is 9.98. The molecule has 0 aliphatic carbocycles. The maximum absolute atomic E-state index is 10.5. The highest BCUT2D eigenvalue weighted by Gasteiger charge is 2.28. The van der Waals surface area contributed by atoms with Crippen LogP contribution in [0.5, 0.6) is 0 Å². The van der Waals surface area contributed by atoms with Gasteiger partial charge in [-0.1, -0.05) is 0 Å². The largest absolute Gasteiger partial charge is 0.384 e. The number of nitrogens with one attached hydrogen (secondary N) is 1. The van der Waals surface area contributed by atoms with Gasteiger partial charge in [0.15, 0.2) is 0 Å². The molecule has 5 nitrogen and oxygen atoms in total. The van der Waals surface area contributed by atoms with Crippen LogP contribution in [0.3, 0.4) is 0 Å². The average molecular weight is 266 g/mol. The molecule has 2 rings (SSSR count). The summed E-state index contributed by atoms with van der Waals surface area (Å²) in [5.74, 6) is 0. The number of hydrogen-bond acceptors (Lipinski definition) is 4. The van der Waals surface area contributed by atoms with Crippen molar-refractivity contribution in [1.29, 1.82) is 0 Å². The lowest BCUT2D eigenvalue weighted by Gasteiger charge is -2.38. The molecular weight excluding hydrogens is 240 g/mol. The van der Waals surface area contributed by atoms with Crippen LogP contribution in [-0.2, 0) is 5.60 Å². The molecule has 1 aliphatic heterocycles. The second-order valence-electron chi connectivity index (χ2n) is 5.63. The van der Waals surface area contributed by atoms with Gasteiger partial charge in [-0.15, -0.1) is 0 Å². The smallest absolute Gasteiger partial charge is 0.101 e. The van der Waals surface area contributed by atoms with Gasteiger partial charge in [0, 0.05) is 50.7 Å². The van der Waals surface area contributed by atoms with Gasteiger partial charge in [0.2, 0.25) is 0 Å². The number of nitrogens with zero attached hydrogens (tertiary/aromatic N) is 2. The Balaban J connectivity index is 1.79. The average Bonchev–Trinajstić information content (AvgIpc) is 2.92. The lowest BCUT2D eigenvalue weighted by Crippen LogP contribution is -2.50. The number of rotatable bonds is 6. The van der Waals surface area contributed by atoms with Crippen LogP contribution in [-0.4, -0.2) is 65.7 Å². The highest BCUT2D eigenvalue weighted by molar-refractivity contribution is 5.17. The topological polar surface area (TPSA) is 68.5 Å². The molecule has 0 bridgehead atoms. The SMILES string of the molecule is CC(O)(CN1CCN(CCCN)CC1)c1cc[nH]c1. The molecule has 0 aromatic carbocycles. The predicted molar refractivity (Wildman–Crippen MR) is 76.9 cm³/mol. The van der Waals surface area contributed by atoms with E-state index >= 15 is 0 Å². The number of β-amino-alcohol motifs (C(OH)–C–C–N with tert-alkyl or cyclic N) is 1. The van der Waals surface area contributed by atoms with Gasteiger partial charge in [0.25, 0.3) is 0 Å². The Morgan fingerprint density at radius 3 is 2.58 bits per heavy atom. The summed E-state index contributed by atoms with van der Waals surface area (Å²) in [6.45, 7) is 8.62. The van der Waals surface area contributed by atoms with Crippen molar-refractivity contribution >= 4 is 0 Å². The first-order valence-corrected chi connectivity index (χ1v) is 7.12. The van der Waals surface area contributed by atoms with E-state index in [4.69, 9.17) is 5.73 Å². The third-order valence-corrected chi connectivity index (χ3v) is 3.89. The minimum absolute atomic E-state index is 0.690. The van der Waals surface area contributed by atoms with Crippen LogP contribution in [0.2, 0.25) is 0 Å². The van der Waals surface area contributed by atoms with E-state index in [1.54, 1.807) is 0 Å². The maximum Gasteiger partial charge on any atom is 0.101 e. The highest BCUT2D eigenvalue weighted by Crippen LogP contribution is 2.21. The van der Waals surface area contributed by atoms with Gasteiger partial charge < -0.3 is 20.7 Å². The minimum atomic E-state index is -0.778. The molecule has 0 radical (unpaired) electrons. The molecule has 19 heavy (non-hydrogen) atoms. The number of hydrogen-bond donors (Lipinski definition) is 3. The van der Waals surface area contributed by atoms with Crippen molar-refractivity contribution in [3.05, 3.63) is 24.0 Å². The van der Waals surface area contributed by atoms with Crippen LogP contribution in [0, 0.1) is 0 Å². The van der Waals surface area contributed by atoms with Crippen molar-refractivity contribution in [3.8, 4) is 0 Å². The fourth-order valence-corrected chi connectivity index (χ4v) is 2.67. The highest BCUT2D eigenvalue weighted by atomic mass is 16.3. The van der Waals surface area contributed by atoms with Crippen molar-refractivity contribution in [2.24, 2.45) is 5.73 Å². The Bertz CT molecular complexity index is 356. The van der Waals surface area contributed by atoms with Crippen LogP contribution in [0.15, 0.2) is 18.5 Å². The summed E-state index contributed by atoms with van der Waals surface area (Å²) < 4.78 is 0. The number of piperazine rings is 1. The monoisotopic (exact) mass is 266 g/mol. The summed E-state index contributed by atoms with van der Waals surface area (Å²) in [5.41, 5.74) is 5.72. The minimum Gasteiger partial charge on any atom is -0.384 e. The quantitative estimate of drug-likeness (QED) is 0.687. The lowest BCUT2D eigenvalue weighted by molar-refractivity contribution is 0.000593. The van der Waals surface area contributed by atoms with E-state index in [0.29, 0.717) is 6.54 Å². The zero-order chi connectivity index (χ0) is 13.7. The Morgan fingerprint density at radius 2 is 2.00 bits per heavy atom. The predicted octanol–water partition coefficient (Wildman–Crippen LogP) is 0.189. The molecule has 0 saturated carbocycles. The summed E-state index contributed by atoms with van der Waals surface area (Å²) in [7, 11) is 0. The molecule has 108 valence electrons. The Kier molecular flexibility index (Phi) is 4.99. The van der Waals surface area contributed by atoms with E-state index in [1.165, 1.54) is 0 Å². The van der Waals surface area contributed by atoms with Crippen LogP contribution < -0.4 is 5.73 Å². The Hall–Kier alpha value is -0.880.